The number of aryl methyl sites for hydroxylation is 2. The molecule has 3 heteroatoms. The van der Waals surface area contributed by atoms with E-state index in [2.05, 4.69) is 37.4 Å². The van der Waals surface area contributed by atoms with Gasteiger partial charge in [-0.1, -0.05) is 59.7 Å². The van der Waals surface area contributed by atoms with Gasteiger partial charge in [0, 0.05) is 6.04 Å². The van der Waals surface area contributed by atoms with Crippen LogP contribution in [0.3, 0.4) is 0 Å². The van der Waals surface area contributed by atoms with E-state index < -0.39 is 12.0 Å². The number of carboxylic acids is 1. The molecule has 0 bridgehead atoms. The third-order valence-corrected chi connectivity index (χ3v) is 3.54. The minimum absolute atomic E-state index is 0.0371. The van der Waals surface area contributed by atoms with Crippen LogP contribution in [0.15, 0.2) is 48.5 Å². The minimum Gasteiger partial charge on any atom is -0.480 e. The molecule has 2 aromatic carbocycles. The molecular formula is C18H21NO2. The van der Waals surface area contributed by atoms with Crippen molar-refractivity contribution in [3.63, 3.8) is 0 Å². The quantitative estimate of drug-likeness (QED) is 0.878. The van der Waals surface area contributed by atoms with E-state index in [-0.39, 0.29) is 6.04 Å². The van der Waals surface area contributed by atoms with Crippen LogP contribution in [0.5, 0.6) is 0 Å². The smallest absolute Gasteiger partial charge is 0.325 e. The Morgan fingerprint density at radius 2 is 1.57 bits per heavy atom. The second-order valence-corrected chi connectivity index (χ2v) is 5.49. The number of aliphatic carboxylic acids is 1. The van der Waals surface area contributed by atoms with E-state index in [1.165, 1.54) is 11.1 Å². The molecule has 2 N–H and O–H groups in total. The molecule has 0 fully saturated rings. The average Bonchev–Trinajstić information content (AvgIpc) is 2.44. The van der Waals surface area contributed by atoms with Gasteiger partial charge >= 0.3 is 5.97 Å². The highest BCUT2D eigenvalue weighted by Crippen LogP contribution is 2.21. The molecule has 0 aliphatic carbocycles. The molecule has 0 saturated heterocycles. The summed E-state index contributed by atoms with van der Waals surface area (Å²) in [5, 5.41) is 12.7. The summed E-state index contributed by atoms with van der Waals surface area (Å²) in [6, 6.07) is 14.8. The molecule has 110 valence electrons. The molecule has 0 radical (unpaired) electrons. The van der Waals surface area contributed by atoms with E-state index in [0.29, 0.717) is 0 Å². The fraction of sp³-hybridized carbons (Fsp3) is 0.278. The number of hydrogen-bond acceptors (Lipinski definition) is 2. The Kier molecular flexibility index (Phi) is 4.76. The molecule has 0 aliphatic heterocycles. The first-order chi connectivity index (χ1) is 9.97. The Balaban J connectivity index is 2.23. The van der Waals surface area contributed by atoms with Gasteiger partial charge in [0.05, 0.1) is 0 Å². The maximum Gasteiger partial charge on any atom is 0.325 e. The summed E-state index contributed by atoms with van der Waals surface area (Å²) in [7, 11) is 0. The van der Waals surface area contributed by atoms with Crippen molar-refractivity contribution in [1.82, 2.24) is 5.32 Å². The zero-order chi connectivity index (χ0) is 15.4. The van der Waals surface area contributed by atoms with Crippen LogP contribution >= 0.6 is 0 Å². The largest absolute Gasteiger partial charge is 0.480 e. The monoisotopic (exact) mass is 283 g/mol. The lowest BCUT2D eigenvalue weighted by molar-refractivity contribution is -0.139. The summed E-state index contributed by atoms with van der Waals surface area (Å²) in [6.45, 7) is 6.09. The second-order valence-electron chi connectivity index (χ2n) is 5.49. The van der Waals surface area contributed by atoms with E-state index in [0.717, 1.165) is 11.1 Å². The summed E-state index contributed by atoms with van der Waals surface area (Å²) < 4.78 is 0. The molecule has 21 heavy (non-hydrogen) atoms. The Morgan fingerprint density at radius 3 is 2.10 bits per heavy atom. The maximum absolute atomic E-state index is 11.5. The van der Waals surface area contributed by atoms with Crippen LogP contribution in [-0.2, 0) is 4.79 Å². The number of carbonyl (C=O) groups is 1. The van der Waals surface area contributed by atoms with Gasteiger partial charge in [0.25, 0.3) is 0 Å². The fourth-order valence-corrected chi connectivity index (χ4v) is 2.56. The molecule has 3 nitrogen and oxygen atoms in total. The molecular weight excluding hydrogens is 262 g/mol. The zero-order valence-corrected chi connectivity index (χ0v) is 12.6. The number of carboxylic acid groups (broad SMARTS) is 1. The molecule has 0 amide bonds. The Hall–Kier alpha value is -2.13. The maximum atomic E-state index is 11.5. The van der Waals surface area contributed by atoms with Gasteiger partial charge in [-0.3, -0.25) is 10.1 Å². The molecule has 2 atom stereocenters. The molecule has 2 aromatic rings. The Bertz CT molecular complexity index is 602. The van der Waals surface area contributed by atoms with Gasteiger partial charge in [0.1, 0.15) is 6.04 Å². The predicted molar refractivity (Wildman–Crippen MR) is 84.3 cm³/mol. The van der Waals surface area contributed by atoms with Gasteiger partial charge in [-0.25, -0.2) is 0 Å². The van der Waals surface area contributed by atoms with E-state index >= 15 is 0 Å². The van der Waals surface area contributed by atoms with E-state index in [9.17, 15) is 9.90 Å². The van der Waals surface area contributed by atoms with Crippen molar-refractivity contribution in [3.05, 3.63) is 70.8 Å². The van der Waals surface area contributed by atoms with Crippen LogP contribution in [0.2, 0.25) is 0 Å². The topological polar surface area (TPSA) is 49.3 Å². The Labute approximate surface area is 125 Å². The highest BCUT2D eigenvalue weighted by Gasteiger charge is 2.22. The molecule has 0 saturated carbocycles. The lowest BCUT2D eigenvalue weighted by Crippen LogP contribution is -2.30. The van der Waals surface area contributed by atoms with Gasteiger partial charge in [-0.05, 0) is 31.9 Å². The van der Waals surface area contributed by atoms with Crippen LogP contribution in [-0.4, -0.2) is 11.1 Å². The van der Waals surface area contributed by atoms with Gasteiger partial charge in [0.2, 0.25) is 0 Å². The van der Waals surface area contributed by atoms with E-state index in [1.54, 1.807) is 0 Å². The predicted octanol–water partition coefficient (Wildman–Crippen LogP) is 3.78. The summed E-state index contributed by atoms with van der Waals surface area (Å²) >= 11 is 0. The average molecular weight is 283 g/mol. The fourth-order valence-electron chi connectivity index (χ4n) is 2.56. The van der Waals surface area contributed by atoms with Gasteiger partial charge < -0.3 is 5.11 Å². The van der Waals surface area contributed by atoms with Crippen LogP contribution in [0, 0.1) is 13.8 Å². The molecule has 2 unspecified atom stereocenters. The first kappa shape index (κ1) is 15.3. The van der Waals surface area contributed by atoms with Crippen LogP contribution in [0.1, 0.15) is 41.3 Å². The molecule has 0 aromatic heterocycles. The van der Waals surface area contributed by atoms with E-state index in [1.807, 2.05) is 37.3 Å². The minimum atomic E-state index is -0.863. The van der Waals surface area contributed by atoms with Crippen LogP contribution in [0.25, 0.3) is 0 Å². The van der Waals surface area contributed by atoms with Crippen LogP contribution < -0.4 is 5.32 Å². The molecule has 0 spiro atoms. The normalized spacial score (nSPS) is 13.7. The van der Waals surface area contributed by atoms with E-state index in [4.69, 9.17) is 0 Å². The Morgan fingerprint density at radius 1 is 1.00 bits per heavy atom. The standard InChI is InChI=1S/C18H21NO2/c1-12-9-13(2)11-16(10-12)14(3)19-17(18(20)21)15-7-5-4-6-8-15/h4-11,14,17,19H,1-3H3,(H,20,21). The van der Waals surface area contributed by atoms with Crippen molar-refractivity contribution in [3.8, 4) is 0 Å². The first-order valence-electron chi connectivity index (χ1n) is 7.09. The van der Waals surface area contributed by atoms with Crippen LogP contribution in [0.4, 0.5) is 0 Å². The third kappa shape index (κ3) is 3.92. The van der Waals surface area contributed by atoms with Gasteiger partial charge in [0.15, 0.2) is 0 Å². The number of nitrogens with one attached hydrogen (secondary N) is 1. The number of rotatable bonds is 5. The van der Waals surface area contributed by atoms with Gasteiger partial charge in [-0.2, -0.15) is 0 Å². The number of benzene rings is 2. The summed E-state index contributed by atoms with van der Waals surface area (Å²) in [6.07, 6.45) is 0. The lowest BCUT2D eigenvalue weighted by atomic mass is 10.00. The van der Waals surface area contributed by atoms with Crippen molar-refractivity contribution in [2.45, 2.75) is 32.9 Å². The number of hydrogen-bond donors (Lipinski definition) is 2. The van der Waals surface area contributed by atoms with Crippen molar-refractivity contribution < 1.29 is 9.90 Å². The SMILES string of the molecule is Cc1cc(C)cc(C(C)NC(C(=O)O)c2ccccc2)c1. The highest BCUT2D eigenvalue weighted by molar-refractivity contribution is 5.75. The van der Waals surface area contributed by atoms with Gasteiger partial charge in [-0.15, -0.1) is 0 Å². The van der Waals surface area contributed by atoms with Crippen molar-refractivity contribution in [1.29, 1.82) is 0 Å². The first-order valence-corrected chi connectivity index (χ1v) is 7.09. The summed E-state index contributed by atoms with van der Waals surface area (Å²) in [5.74, 6) is -0.863. The summed E-state index contributed by atoms with van der Waals surface area (Å²) in [5.41, 5.74) is 4.24. The molecule has 0 heterocycles. The molecule has 0 aliphatic rings. The highest BCUT2D eigenvalue weighted by atomic mass is 16.4. The second kappa shape index (κ2) is 6.55. The van der Waals surface area contributed by atoms with Crippen molar-refractivity contribution >= 4 is 5.97 Å². The molecule has 2 rings (SSSR count). The zero-order valence-electron chi connectivity index (χ0n) is 12.6. The van der Waals surface area contributed by atoms with Crippen molar-refractivity contribution in [2.75, 3.05) is 0 Å². The summed E-state index contributed by atoms with van der Waals surface area (Å²) in [4.78, 5) is 11.5. The van der Waals surface area contributed by atoms with Crippen molar-refractivity contribution in [2.24, 2.45) is 0 Å². The lowest BCUT2D eigenvalue weighted by Gasteiger charge is -2.21. The third-order valence-electron chi connectivity index (χ3n) is 3.54.